The zero-order valence-corrected chi connectivity index (χ0v) is 13.4. The van der Waals surface area contributed by atoms with Gasteiger partial charge in [0.25, 0.3) is 5.56 Å². The molecule has 7 heteroatoms. The summed E-state index contributed by atoms with van der Waals surface area (Å²) < 4.78 is 26.6. The first kappa shape index (κ1) is 15.8. The van der Waals surface area contributed by atoms with Gasteiger partial charge in [0.15, 0.2) is 0 Å². The van der Waals surface area contributed by atoms with E-state index in [1.807, 2.05) is 0 Å². The van der Waals surface area contributed by atoms with Gasteiger partial charge in [-0.25, -0.2) is 12.7 Å². The fourth-order valence-electron chi connectivity index (χ4n) is 1.90. The van der Waals surface area contributed by atoms with E-state index >= 15 is 0 Å². The van der Waals surface area contributed by atoms with Crippen molar-refractivity contribution in [2.75, 3.05) is 14.1 Å². The summed E-state index contributed by atoms with van der Waals surface area (Å²) in [5.41, 5.74) is 1.11. The third kappa shape index (κ3) is 2.88. The fourth-order valence-corrected chi connectivity index (χ4v) is 2.99. The maximum absolute atomic E-state index is 12.0. The molecule has 0 aliphatic heterocycles. The molecule has 1 heterocycles. The molecule has 5 nitrogen and oxygen atoms in total. The van der Waals surface area contributed by atoms with Crippen LogP contribution < -0.4 is 5.56 Å². The highest BCUT2D eigenvalue weighted by Gasteiger charge is 2.17. The number of rotatable bonds is 3. The van der Waals surface area contributed by atoms with Crippen LogP contribution in [-0.4, -0.2) is 31.4 Å². The van der Waals surface area contributed by atoms with Crippen LogP contribution in [0.25, 0.3) is 11.3 Å². The first-order valence-electron chi connectivity index (χ1n) is 6.13. The first-order chi connectivity index (χ1) is 9.75. The minimum atomic E-state index is -3.46. The lowest BCUT2D eigenvalue weighted by molar-refractivity contribution is 0.521. The molecule has 0 saturated carbocycles. The van der Waals surface area contributed by atoms with Crippen molar-refractivity contribution in [3.8, 4) is 11.3 Å². The number of halogens is 1. The predicted octanol–water partition coefficient (Wildman–Crippen LogP) is 1.96. The molecule has 112 valence electrons. The van der Waals surface area contributed by atoms with Gasteiger partial charge in [0.2, 0.25) is 10.0 Å². The Morgan fingerprint density at radius 3 is 2.14 bits per heavy atom. The van der Waals surface area contributed by atoms with E-state index in [0.717, 1.165) is 9.87 Å². The van der Waals surface area contributed by atoms with Gasteiger partial charge in [-0.1, -0.05) is 23.7 Å². The van der Waals surface area contributed by atoms with Gasteiger partial charge in [0.05, 0.1) is 10.6 Å². The Balaban J connectivity index is 2.50. The predicted molar refractivity (Wildman–Crippen MR) is 83.0 cm³/mol. The lowest BCUT2D eigenvalue weighted by Gasteiger charge is -2.12. The molecule has 0 bridgehead atoms. The number of benzene rings is 1. The summed E-state index contributed by atoms with van der Waals surface area (Å²) in [4.78, 5) is 12.0. The van der Waals surface area contributed by atoms with Gasteiger partial charge in [-0.05, 0) is 29.8 Å². The molecular formula is C14H15ClN2O3S. The van der Waals surface area contributed by atoms with Gasteiger partial charge in [0, 0.05) is 21.1 Å². The van der Waals surface area contributed by atoms with Crippen molar-refractivity contribution >= 4 is 21.6 Å². The van der Waals surface area contributed by atoms with E-state index in [1.165, 1.54) is 36.9 Å². The van der Waals surface area contributed by atoms with Crippen molar-refractivity contribution in [2.45, 2.75) is 4.90 Å². The molecule has 2 aromatic rings. The second-order valence-electron chi connectivity index (χ2n) is 4.74. The lowest BCUT2D eigenvalue weighted by atomic mass is 10.1. The molecule has 0 fully saturated rings. The summed E-state index contributed by atoms with van der Waals surface area (Å²) in [5.74, 6) is 0. The molecule has 21 heavy (non-hydrogen) atoms. The first-order valence-corrected chi connectivity index (χ1v) is 7.95. The topological polar surface area (TPSA) is 59.4 Å². The molecular weight excluding hydrogens is 312 g/mol. The highest BCUT2D eigenvalue weighted by Crippen LogP contribution is 2.22. The number of pyridine rings is 1. The Kier molecular flexibility index (Phi) is 4.22. The number of nitrogens with zero attached hydrogens (tertiary/aromatic N) is 2. The van der Waals surface area contributed by atoms with Crippen LogP contribution in [0.4, 0.5) is 0 Å². The van der Waals surface area contributed by atoms with E-state index in [2.05, 4.69) is 0 Å². The van der Waals surface area contributed by atoms with Crippen LogP contribution in [0.5, 0.6) is 0 Å². The fraction of sp³-hybridized carbons (Fsp3) is 0.214. The van der Waals surface area contributed by atoms with Crippen LogP contribution in [0.15, 0.2) is 46.1 Å². The summed E-state index contributed by atoms with van der Waals surface area (Å²) >= 11 is 5.78. The van der Waals surface area contributed by atoms with Gasteiger partial charge in [-0.2, -0.15) is 0 Å². The Morgan fingerprint density at radius 2 is 1.62 bits per heavy atom. The third-order valence-electron chi connectivity index (χ3n) is 3.19. The molecule has 0 N–H and O–H groups in total. The van der Waals surface area contributed by atoms with Crippen LogP contribution >= 0.6 is 11.6 Å². The molecule has 0 spiro atoms. The van der Waals surface area contributed by atoms with Crippen LogP contribution in [0.2, 0.25) is 5.02 Å². The van der Waals surface area contributed by atoms with E-state index in [-0.39, 0.29) is 15.5 Å². The third-order valence-corrected chi connectivity index (χ3v) is 5.30. The standard InChI is InChI=1S/C14H15ClN2O3S/c1-16(2)21(19,20)11-6-4-10(5-7-11)13-9-8-12(15)14(18)17(13)3/h4-9H,1-3H3. The summed E-state index contributed by atoms with van der Waals surface area (Å²) in [6.45, 7) is 0. The maximum Gasteiger partial charge on any atom is 0.269 e. The monoisotopic (exact) mass is 326 g/mol. The molecule has 0 unspecified atom stereocenters. The smallest absolute Gasteiger partial charge is 0.269 e. The van der Waals surface area contributed by atoms with Gasteiger partial charge in [-0.15, -0.1) is 0 Å². The van der Waals surface area contributed by atoms with E-state index in [0.29, 0.717) is 5.69 Å². The van der Waals surface area contributed by atoms with Crippen molar-refractivity contribution in [3.63, 3.8) is 0 Å². The van der Waals surface area contributed by atoms with Gasteiger partial charge in [0.1, 0.15) is 5.02 Å². The number of hydrogen-bond acceptors (Lipinski definition) is 3. The van der Waals surface area contributed by atoms with Crippen molar-refractivity contribution in [1.82, 2.24) is 8.87 Å². The highest BCUT2D eigenvalue weighted by molar-refractivity contribution is 7.89. The minimum absolute atomic E-state index is 0.146. The molecule has 1 aromatic heterocycles. The molecule has 0 saturated heterocycles. The summed E-state index contributed by atoms with van der Waals surface area (Å²) in [5, 5.41) is 0.146. The zero-order chi connectivity index (χ0) is 15.8. The van der Waals surface area contributed by atoms with Crippen molar-refractivity contribution in [3.05, 3.63) is 51.8 Å². The molecule has 1 aromatic carbocycles. The van der Waals surface area contributed by atoms with Crippen molar-refractivity contribution in [2.24, 2.45) is 7.05 Å². The second kappa shape index (κ2) is 5.63. The SMILES string of the molecule is CN(C)S(=O)(=O)c1ccc(-c2ccc(Cl)c(=O)n2C)cc1. The zero-order valence-electron chi connectivity index (χ0n) is 11.9. The lowest BCUT2D eigenvalue weighted by Crippen LogP contribution is -2.22. The average Bonchev–Trinajstić information content (AvgIpc) is 2.45. The van der Waals surface area contributed by atoms with Gasteiger partial charge in [-0.3, -0.25) is 4.79 Å². The van der Waals surface area contributed by atoms with Crippen LogP contribution in [-0.2, 0) is 17.1 Å². The van der Waals surface area contributed by atoms with Crippen molar-refractivity contribution in [1.29, 1.82) is 0 Å². The molecule has 0 amide bonds. The van der Waals surface area contributed by atoms with Gasteiger partial charge < -0.3 is 4.57 Å². The number of hydrogen-bond donors (Lipinski definition) is 0. The Bertz CT molecular complexity index is 824. The molecule has 0 aliphatic carbocycles. The molecule has 0 radical (unpaired) electrons. The van der Waals surface area contributed by atoms with E-state index < -0.39 is 10.0 Å². The normalized spacial score (nSPS) is 11.9. The summed E-state index contributed by atoms with van der Waals surface area (Å²) in [6, 6.07) is 9.62. The second-order valence-corrected chi connectivity index (χ2v) is 7.30. The maximum atomic E-state index is 12.0. The minimum Gasteiger partial charge on any atom is -0.310 e. The largest absolute Gasteiger partial charge is 0.310 e. The Labute approximate surface area is 128 Å². The molecule has 0 atom stereocenters. The van der Waals surface area contributed by atoms with Crippen LogP contribution in [0.3, 0.4) is 0 Å². The van der Waals surface area contributed by atoms with Crippen LogP contribution in [0.1, 0.15) is 0 Å². The quantitative estimate of drug-likeness (QED) is 0.866. The average molecular weight is 327 g/mol. The van der Waals surface area contributed by atoms with Gasteiger partial charge >= 0.3 is 0 Å². The van der Waals surface area contributed by atoms with Crippen molar-refractivity contribution < 1.29 is 8.42 Å². The highest BCUT2D eigenvalue weighted by atomic mass is 35.5. The molecule has 0 aliphatic rings. The number of sulfonamides is 1. The van der Waals surface area contributed by atoms with E-state index in [9.17, 15) is 13.2 Å². The van der Waals surface area contributed by atoms with E-state index in [4.69, 9.17) is 11.6 Å². The summed E-state index contributed by atoms with van der Waals surface area (Å²) in [6.07, 6.45) is 0. The Hall–Kier alpha value is -1.63. The molecule has 2 rings (SSSR count). The van der Waals surface area contributed by atoms with E-state index in [1.54, 1.807) is 25.2 Å². The summed E-state index contributed by atoms with van der Waals surface area (Å²) in [7, 11) is 1.12. The Morgan fingerprint density at radius 1 is 1.05 bits per heavy atom. The van der Waals surface area contributed by atoms with Crippen LogP contribution in [0, 0.1) is 0 Å². The number of aromatic nitrogens is 1.